The van der Waals surface area contributed by atoms with E-state index in [0.717, 1.165) is 11.3 Å². The first-order chi connectivity index (χ1) is 10.3. The first kappa shape index (κ1) is 15.5. The first-order valence-electron chi connectivity index (χ1n) is 7.49. The van der Waals surface area contributed by atoms with Crippen molar-refractivity contribution < 1.29 is 4.74 Å². The zero-order valence-corrected chi connectivity index (χ0v) is 12.8. The fourth-order valence-corrected chi connectivity index (χ4v) is 2.48. The van der Waals surface area contributed by atoms with E-state index in [9.17, 15) is 0 Å². The van der Waals surface area contributed by atoms with E-state index in [4.69, 9.17) is 10.5 Å². The summed E-state index contributed by atoms with van der Waals surface area (Å²) < 4.78 is 5.71. The molecule has 0 amide bonds. The second-order valence-electron chi connectivity index (χ2n) is 5.06. The average molecular weight is 284 g/mol. The Kier molecular flexibility index (Phi) is 5.78. The van der Waals surface area contributed by atoms with Gasteiger partial charge in [-0.3, -0.25) is 0 Å². The Bertz CT molecular complexity index is 542. The summed E-state index contributed by atoms with van der Waals surface area (Å²) in [5.41, 5.74) is 8.35. The van der Waals surface area contributed by atoms with Crippen molar-refractivity contribution in [1.82, 2.24) is 5.32 Å². The van der Waals surface area contributed by atoms with Crippen LogP contribution in [0.2, 0.25) is 0 Å². The molecule has 0 aromatic heterocycles. The number of nitrogens with one attached hydrogen (secondary N) is 1. The van der Waals surface area contributed by atoms with Crippen molar-refractivity contribution in [3.05, 3.63) is 65.7 Å². The molecule has 0 saturated heterocycles. The highest BCUT2D eigenvalue weighted by Crippen LogP contribution is 2.26. The molecule has 2 aromatic carbocycles. The van der Waals surface area contributed by atoms with E-state index < -0.39 is 0 Å². The molecule has 0 radical (unpaired) electrons. The van der Waals surface area contributed by atoms with Crippen molar-refractivity contribution in [3.63, 3.8) is 0 Å². The van der Waals surface area contributed by atoms with Gasteiger partial charge in [0, 0.05) is 24.2 Å². The van der Waals surface area contributed by atoms with Crippen LogP contribution < -0.4 is 15.8 Å². The van der Waals surface area contributed by atoms with Gasteiger partial charge in [-0.2, -0.15) is 0 Å². The predicted octanol–water partition coefficient (Wildman–Crippen LogP) is 3.44. The lowest BCUT2D eigenvalue weighted by molar-refractivity contribution is 0.329. The van der Waals surface area contributed by atoms with Crippen molar-refractivity contribution in [2.45, 2.75) is 25.9 Å². The number of hydrogen-bond donors (Lipinski definition) is 2. The highest BCUT2D eigenvalue weighted by molar-refractivity contribution is 5.36. The minimum absolute atomic E-state index is 0.0722. The number of benzene rings is 2. The fourth-order valence-electron chi connectivity index (χ4n) is 2.48. The van der Waals surface area contributed by atoms with Gasteiger partial charge in [-0.15, -0.1) is 0 Å². The maximum atomic E-state index is 5.98. The second kappa shape index (κ2) is 7.81. The lowest BCUT2D eigenvalue weighted by atomic mass is 10.0. The summed E-state index contributed by atoms with van der Waals surface area (Å²) >= 11 is 0. The van der Waals surface area contributed by atoms with Gasteiger partial charge >= 0.3 is 0 Å². The highest BCUT2D eigenvalue weighted by Gasteiger charge is 2.17. The molecule has 2 rings (SSSR count). The van der Waals surface area contributed by atoms with Gasteiger partial charge in [-0.1, -0.05) is 48.5 Å². The molecular weight excluding hydrogens is 260 g/mol. The number of ether oxygens (including phenoxy) is 1. The summed E-state index contributed by atoms with van der Waals surface area (Å²) in [6.45, 7) is 5.33. The zero-order chi connectivity index (χ0) is 15.1. The van der Waals surface area contributed by atoms with E-state index in [0.29, 0.717) is 13.2 Å². The second-order valence-corrected chi connectivity index (χ2v) is 5.06. The molecule has 2 aromatic rings. The van der Waals surface area contributed by atoms with E-state index in [1.807, 2.05) is 31.2 Å². The molecule has 2 unspecified atom stereocenters. The SMILES string of the molecule is CCOc1ccccc1C(CN)NC(C)c1ccccc1. The van der Waals surface area contributed by atoms with Gasteiger partial charge in [-0.25, -0.2) is 0 Å². The van der Waals surface area contributed by atoms with Gasteiger partial charge in [0.1, 0.15) is 5.75 Å². The van der Waals surface area contributed by atoms with Crippen LogP contribution in [0, 0.1) is 0 Å². The smallest absolute Gasteiger partial charge is 0.124 e. The van der Waals surface area contributed by atoms with Crippen molar-refractivity contribution in [2.75, 3.05) is 13.2 Å². The van der Waals surface area contributed by atoms with Crippen molar-refractivity contribution in [3.8, 4) is 5.75 Å². The van der Waals surface area contributed by atoms with Crippen LogP contribution >= 0.6 is 0 Å². The zero-order valence-electron chi connectivity index (χ0n) is 12.8. The molecule has 3 N–H and O–H groups in total. The maximum absolute atomic E-state index is 5.98. The van der Waals surface area contributed by atoms with Crippen LogP contribution in [0.5, 0.6) is 5.75 Å². The van der Waals surface area contributed by atoms with Gasteiger partial charge in [0.05, 0.1) is 6.61 Å². The summed E-state index contributed by atoms with van der Waals surface area (Å²) in [7, 11) is 0. The topological polar surface area (TPSA) is 47.3 Å². The predicted molar refractivity (Wildman–Crippen MR) is 87.4 cm³/mol. The molecule has 0 aliphatic heterocycles. The van der Waals surface area contributed by atoms with Crippen LogP contribution in [0.3, 0.4) is 0 Å². The standard InChI is InChI=1S/C18H24N2O/c1-3-21-18-12-8-7-11-16(18)17(13-19)20-14(2)15-9-5-4-6-10-15/h4-12,14,17,20H,3,13,19H2,1-2H3. The molecule has 3 nitrogen and oxygen atoms in total. The molecule has 0 bridgehead atoms. The van der Waals surface area contributed by atoms with Gasteiger partial charge in [0.2, 0.25) is 0 Å². The Morgan fingerprint density at radius 2 is 1.71 bits per heavy atom. The Hall–Kier alpha value is -1.84. The van der Waals surface area contributed by atoms with Gasteiger partial charge in [0.15, 0.2) is 0 Å². The monoisotopic (exact) mass is 284 g/mol. The summed E-state index contributed by atoms with van der Waals surface area (Å²) in [5, 5.41) is 3.59. The Labute approximate surface area is 127 Å². The average Bonchev–Trinajstić information content (AvgIpc) is 2.54. The molecule has 0 aliphatic carbocycles. The molecule has 112 valence electrons. The van der Waals surface area contributed by atoms with Crippen molar-refractivity contribution in [1.29, 1.82) is 0 Å². The van der Waals surface area contributed by atoms with Crippen molar-refractivity contribution >= 4 is 0 Å². The molecule has 0 spiro atoms. The van der Waals surface area contributed by atoms with Crippen LogP contribution in [0.1, 0.15) is 37.1 Å². The third kappa shape index (κ3) is 4.06. The summed E-state index contributed by atoms with van der Waals surface area (Å²) in [5.74, 6) is 0.906. The van der Waals surface area contributed by atoms with E-state index in [2.05, 4.69) is 42.6 Å². The lowest BCUT2D eigenvalue weighted by Gasteiger charge is -2.24. The van der Waals surface area contributed by atoms with Gasteiger partial charge in [-0.05, 0) is 25.5 Å². The summed E-state index contributed by atoms with van der Waals surface area (Å²) in [6.07, 6.45) is 0. The van der Waals surface area contributed by atoms with E-state index in [1.54, 1.807) is 0 Å². The number of nitrogens with two attached hydrogens (primary N) is 1. The first-order valence-corrected chi connectivity index (χ1v) is 7.49. The Balaban J connectivity index is 2.16. The third-order valence-corrected chi connectivity index (χ3v) is 3.58. The van der Waals surface area contributed by atoms with E-state index >= 15 is 0 Å². The molecule has 2 atom stereocenters. The summed E-state index contributed by atoms with van der Waals surface area (Å²) in [6, 6.07) is 18.8. The molecule has 0 fully saturated rings. The third-order valence-electron chi connectivity index (χ3n) is 3.58. The van der Waals surface area contributed by atoms with Crippen LogP contribution in [-0.2, 0) is 0 Å². The van der Waals surface area contributed by atoms with Crippen molar-refractivity contribution in [2.24, 2.45) is 5.73 Å². The molecule has 21 heavy (non-hydrogen) atoms. The van der Waals surface area contributed by atoms with Crippen LogP contribution in [0.4, 0.5) is 0 Å². The molecular formula is C18H24N2O. The number of para-hydroxylation sites is 1. The van der Waals surface area contributed by atoms with E-state index in [-0.39, 0.29) is 12.1 Å². The maximum Gasteiger partial charge on any atom is 0.124 e. The minimum Gasteiger partial charge on any atom is -0.494 e. The molecule has 0 saturated carbocycles. The lowest BCUT2D eigenvalue weighted by Crippen LogP contribution is -2.30. The van der Waals surface area contributed by atoms with Gasteiger partial charge < -0.3 is 15.8 Å². The molecule has 0 aliphatic rings. The Morgan fingerprint density at radius 1 is 1.05 bits per heavy atom. The minimum atomic E-state index is 0.0722. The van der Waals surface area contributed by atoms with Crippen LogP contribution in [0.15, 0.2) is 54.6 Å². The molecule has 3 heteroatoms. The van der Waals surface area contributed by atoms with Crippen LogP contribution in [0.25, 0.3) is 0 Å². The Morgan fingerprint density at radius 3 is 2.38 bits per heavy atom. The largest absolute Gasteiger partial charge is 0.494 e. The molecule has 0 heterocycles. The van der Waals surface area contributed by atoms with E-state index in [1.165, 1.54) is 5.56 Å². The quantitative estimate of drug-likeness (QED) is 0.819. The van der Waals surface area contributed by atoms with Crippen LogP contribution in [-0.4, -0.2) is 13.2 Å². The fraction of sp³-hybridized carbons (Fsp3) is 0.333. The number of hydrogen-bond acceptors (Lipinski definition) is 3. The normalized spacial score (nSPS) is 13.7. The van der Waals surface area contributed by atoms with Gasteiger partial charge in [0.25, 0.3) is 0 Å². The highest BCUT2D eigenvalue weighted by atomic mass is 16.5. The summed E-state index contributed by atoms with van der Waals surface area (Å²) in [4.78, 5) is 0. The number of rotatable bonds is 7.